The fraction of sp³-hybridized carbons (Fsp3) is 0.435. The Balaban J connectivity index is 1.53. The van der Waals surface area contributed by atoms with E-state index in [1.54, 1.807) is 7.11 Å². The predicted molar refractivity (Wildman–Crippen MR) is 116 cm³/mol. The largest absolute Gasteiger partial charge is 0.497 e. The van der Waals surface area contributed by atoms with Gasteiger partial charge in [0.15, 0.2) is 0 Å². The molecule has 2 aliphatic rings. The second-order valence-electron chi connectivity index (χ2n) is 7.57. The molecule has 2 aromatic carbocycles. The SMILES string of the molecule is COc1ccc(CC(=O)Nc2cc(N3CCCC3)ccc2N2CCOCC2)cc1. The highest BCUT2D eigenvalue weighted by Crippen LogP contribution is 2.33. The molecular weight excluding hydrogens is 366 g/mol. The van der Waals surface area contributed by atoms with Crippen molar-refractivity contribution in [1.29, 1.82) is 0 Å². The molecular formula is C23H29N3O3. The first-order valence-corrected chi connectivity index (χ1v) is 10.4. The Morgan fingerprint density at radius 3 is 2.41 bits per heavy atom. The predicted octanol–water partition coefficient (Wildman–Crippen LogP) is 3.31. The summed E-state index contributed by atoms with van der Waals surface area (Å²) in [7, 11) is 1.64. The molecule has 2 aromatic rings. The molecule has 2 aliphatic heterocycles. The molecule has 0 spiro atoms. The molecule has 0 aliphatic carbocycles. The minimum atomic E-state index is -0.0109. The molecule has 6 nitrogen and oxygen atoms in total. The Hall–Kier alpha value is -2.73. The van der Waals surface area contributed by atoms with Crippen LogP contribution in [0, 0.1) is 0 Å². The lowest BCUT2D eigenvalue weighted by atomic mass is 10.1. The fourth-order valence-electron chi connectivity index (χ4n) is 4.00. The minimum Gasteiger partial charge on any atom is -0.497 e. The smallest absolute Gasteiger partial charge is 0.228 e. The molecule has 6 heteroatoms. The van der Waals surface area contributed by atoms with Gasteiger partial charge in [-0.1, -0.05) is 12.1 Å². The summed E-state index contributed by atoms with van der Waals surface area (Å²) < 4.78 is 10.7. The molecule has 0 bridgehead atoms. The number of anilines is 3. The van der Waals surface area contributed by atoms with Crippen molar-refractivity contribution in [2.24, 2.45) is 0 Å². The number of methoxy groups -OCH3 is 1. The first kappa shape index (κ1) is 19.6. The van der Waals surface area contributed by atoms with Gasteiger partial charge in [0.05, 0.1) is 38.1 Å². The van der Waals surface area contributed by atoms with Gasteiger partial charge in [-0.2, -0.15) is 0 Å². The number of morpholine rings is 1. The third-order valence-electron chi connectivity index (χ3n) is 5.60. The van der Waals surface area contributed by atoms with Crippen molar-refractivity contribution in [2.45, 2.75) is 19.3 Å². The number of carbonyl (C=O) groups excluding carboxylic acids is 1. The summed E-state index contributed by atoms with van der Waals surface area (Å²) in [5.41, 5.74) is 4.10. The highest BCUT2D eigenvalue weighted by molar-refractivity contribution is 5.96. The van der Waals surface area contributed by atoms with Crippen molar-refractivity contribution >= 4 is 23.0 Å². The van der Waals surface area contributed by atoms with Crippen molar-refractivity contribution in [2.75, 3.05) is 61.6 Å². The number of nitrogens with one attached hydrogen (secondary N) is 1. The highest BCUT2D eigenvalue weighted by atomic mass is 16.5. The second kappa shape index (κ2) is 9.18. The van der Waals surface area contributed by atoms with Crippen LogP contribution in [0.2, 0.25) is 0 Å². The van der Waals surface area contributed by atoms with Gasteiger partial charge in [-0.25, -0.2) is 0 Å². The summed E-state index contributed by atoms with van der Waals surface area (Å²) in [6.07, 6.45) is 2.79. The van der Waals surface area contributed by atoms with Crippen LogP contribution in [0.3, 0.4) is 0 Å². The maximum absolute atomic E-state index is 12.8. The summed E-state index contributed by atoms with van der Waals surface area (Å²) in [6, 6.07) is 14.1. The molecule has 0 aromatic heterocycles. The number of benzene rings is 2. The molecule has 0 atom stereocenters. The van der Waals surface area contributed by atoms with Crippen LogP contribution >= 0.6 is 0 Å². The zero-order valence-corrected chi connectivity index (χ0v) is 17.0. The van der Waals surface area contributed by atoms with E-state index < -0.39 is 0 Å². The molecule has 0 saturated carbocycles. The lowest BCUT2D eigenvalue weighted by molar-refractivity contribution is -0.115. The zero-order valence-electron chi connectivity index (χ0n) is 17.0. The average molecular weight is 396 g/mol. The van der Waals surface area contributed by atoms with Gasteiger partial charge >= 0.3 is 0 Å². The van der Waals surface area contributed by atoms with Crippen LogP contribution < -0.4 is 19.9 Å². The van der Waals surface area contributed by atoms with Gasteiger partial charge in [0.1, 0.15) is 5.75 Å². The maximum Gasteiger partial charge on any atom is 0.228 e. The lowest BCUT2D eigenvalue weighted by Gasteiger charge is -2.31. The quantitative estimate of drug-likeness (QED) is 0.813. The minimum absolute atomic E-state index is 0.0109. The van der Waals surface area contributed by atoms with Crippen LogP contribution in [0.4, 0.5) is 17.1 Å². The Bertz CT molecular complexity index is 826. The van der Waals surface area contributed by atoms with Gasteiger partial charge in [-0.15, -0.1) is 0 Å². The maximum atomic E-state index is 12.8. The van der Waals surface area contributed by atoms with Crippen molar-refractivity contribution in [1.82, 2.24) is 0 Å². The Labute approximate surface area is 172 Å². The molecule has 1 amide bonds. The Kier molecular flexibility index (Phi) is 6.20. The van der Waals surface area contributed by atoms with Gasteiger partial charge in [-0.05, 0) is 48.7 Å². The topological polar surface area (TPSA) is 54.0 Å². The van der Waals surface area contributed by atoms with Gasteiger partial charge in [-0.3, -0.25) is 4.79 Å². The summed E-state index contributed by atoms with van der Waals surface area (Å²) in [5, 5.41) is 3.17. The third-order valence-corrected chi connectivity index (χ3v) is 5.60. The van der Waals surface area contributed by atoms with Crippen LogP contribution in [0.15, 0.2) is 42.5 Å². The molecule has 0 radical (unpaired) electrons. The molecule has 154 valence electrons. The van der Waals surface area contributed by atoms with Crippen LogP contribution in [0.5, 0.6) is 5.75 Å². The van der Waals surface area contributed by atoms with Crippen molar-refractivity contribution in [3.05, 3.63) is 48.0 Å². The standard InChI is InChI=1S/C23H29N3O3/c1-28-20-7-4-18(5-8-20)16-23(27)24-21-17-19(25-10-2-3-11-25)6-9-22(21)26-12-14-29-15-13-26/h4-9,17H,2-3,10-16H2,1H3,(H,24,27). The van der Waals surface area contributed by atoms with Crippen LogP contribution in [-0.2, 0) is 16.0 Å². The van der Waals surface area contributed by atoms with Crippen molar-refractivity contribution < 1.29 is 14.3 Å². The van der Waals surface area contributed by atoms with Gasteiger partial charge in [0, 0.05) is 31.9 Å². The van der Waals surface area contributed by atoms with Crippen LogP contribution in [0.1, 0.15) is 18.4 Å². The molecule has 0 unspecified atom stereocenters. The van der Waals surface area contributed by atoms with E-state index in [0.29, 0.717) is 19.6 Å². The third kappa shape index (κ3) is 4.82. The van der Waals surface area contributed by atoms with Crippen LogP contribution in [-0.4, -0.2) is 52.4 Å². The van der Waals surface area contributed by atoms with E-state index in [-0.39, 0.29) is 5.91 Å². The summed E-state index contributed by atoms with van der Waals surface area (Å²) in [6.45, 7) is 5.27. The molecule has 4 rings (SSSR count). The summed E-state index contributed by atoms with van der Waals surface area (Å²) >= 11 is 0. The zero-order chi connectivity index (χ0) is 20.1. The van der Waals surface area contributed by atoms with E-state index in [9.17, 15) is 4.79 Å². The van der Waals surface area contributed by atoms with E-state index in [1.165, 1.54) is 18.5 Å². The molecule has 2 saturated heterocycles. The molecule has 2 fully saturated rings. The van der Waals surface area contributed by atoms with Crippen LogP contribution in [0.25, 0.3) is 0 Å². The van der Waals surface area contributed by atoms with E-state index in [4.69, 9.17) is 9.47 Å². The van der Waals surface area contributed by atoms with Gasteiger partial charge in [0.2, 0.25) is 5.91 Å². The average Bonchev–Trinajstić information content (AvgIpc) is 3.30. The highest BCUT2D eigenvalue weighted by Gasteiger charge is 2.19. The first-order valence-electron chi connectivity index (χ1n) is 10.4. The van der Waals surface area contributed by atoms with E-state index in [0.717, 1.165) is 48.9 Å². The number of hydrogen-bond acceptors (Lipinski definition) is 5. The summed E-state index contributed by atoms with van der Waals surface area (Å²) in [4.78, 5) is 17.5. The van der Waals surface area contributed by atoms with Crippen molar-refractivity contribution in [3.63, 3.8) is 0 Å². The van der Waals surface area contributed by atoms with Crippen molar-refractivity contribution in [3.8, 4) is 5.75 Å². The van der Waals surface area contributed by atoms with Gasteiger partial charge < -0.3 is 24.6 Å². The number of nitrogens with zero attached hydrogens (tertiary/aromatic N) is 2. The number of rotatable bonds is 6. The monoisotopic (exact) mass is 395 g/mol. The van der Waals surface area contributed by atoms with Gasteiger partial charge in [0.25, 0.3) is 0 Å². The molecule has 1 N–H and O–H groups in total. The number of carbonyl (C=O) groups is 1. The number of hydrogen-bond donors (Lipinski definition) is 1. The number of ether oxygens (including phenoxy) is 2. The van der Waals surface area contributed by atoms with E-state index in [2.05, 4.69) is 33.3 Å². The lowest BCUT2D eigenvalue weighted by Crippen LogP contribution is -2.37. The molecule has 29 heavy (non-hydrogen) atoms. The second-order valence-corrected chi connectivity index (χ2v) is 7.57. The molecule has 2 heterocycles. The Morgan fingerprint density at radius 2 is 1.72 bits per heavy atom. The fourth-order valence-corrected chi connectivity index (χ4v) is 4.00. The normalized spacial score (nSPS) is 16.7. The Morgan fingerprint density at radius 1 is 1.00 bits per heavy atom. The summed E-state index contributed by atoms with van der Waals surface area (Å²) in [5.74, 6) is 0.783. The number of amides is 1. The first-order chi connectivity index (χ1) is 14.2. The van der Waals surface area contributed by atoms with E-state index >= 15 is 0 Å². The van der Waals surface area contributed by atoms with E-state index in [1.807, 2.05) is 24.3 Å².